The Morgan fingerprint density at radius 2 is 1.92 bits per heavy atom. The maximum Gasteiger partial charge on any atom is 0.363 e. The molecule has 0 atom stereocenters. The van der Waals surface area contributed by atoms with Gasteiger partial charge in [-0.15, -0.1) is 0 Å². The summed E-state index contributed by atoms with van der Waals surface area (Å²) in [5.41, 5.74) is 3.14. The number of ether oxygens (including phenoxy) is 2. The molecule has 0 radical (unpaired) electrons. The maximum atomic E-state index is 12.0. The predicted molar refractivity (Wildman–Crippen MR) is 97.3 cm³/mol. The van der Waals surface area contributed by atoms with E-state index in [1.54, 1.807) is 30.3 Å². The zero-order chi connectivity index (χ0) is 18.0. The maximum absolute atomic E-state index is 12.0. The van der Waals surface area contributed by atoms with E-state index in [9.17, 15) is 9.59 Å². The first kappa shape index (κ1) is 17.1. The minimum atomic E-state index is -0.507. The number of aryl methyl sites for hydroxylation is 1. The Morgan fingerprint density at radius 1 is 1.20 bits per heavy atom. The smallest absolute Gasteiger partial charge is 0.363 e. The van der Waals surface area contributed by atoms with Crippen molar-refractivity contribution in [3.8, 4) is 0 Å². The minimum absolute atomic E-state index is 0.210. The van der Waals surface area contributed by atoms with Gasteiger partial charge < -0.3 is 9.47 Å². The number of halogens is 1. The minimum Gasteiger partial charge on any atom is -0.465 e. The number of methoxy groups -OCH3 is 1. The van der Waals surface area contributed by atoms with Crippen molar-refractivity contribution in [1.82, 2.24) is 0 Å². The number of benzene rings is 2. The molecule has 0 N–H and O–H groups in total. The first-order valence-electron chi connectivity index (χ1n) is 7.45. The highest BCUT2D eigenvalue weighted by Crippen LogP contribution is 2.22. The van der Waals surface area contributed by atoms with Crippen LogP contribution in [-0.4, -0.2) is 24.9 Å². The Balaban J connectivity index is 1.87. The highest BCUT2D eigenvalue weighted by molar-refractivity contribution is 9.10. The molecule has 0 saturated carbocycles. The third-order valence-corrected chi connectivity index (χ3v) is 4.55. The molecule has 5 nitrogen and oxygen atoms in total. The number of carbonyl (C=O) groups is 2. The van der Waals surface area contributed by atoms with Gasteiger partial charge in [-0.3, -0.25) is 0 Å². The normalized spacial score (nSPS) is 15.1. The number of hydrogen-bond acceptors (Lipinski definition) is 5. The van der Waals surface area contributed by atoms with Crippen LogP contribution >= 0.6 is 15.9 Å². The first-order chi connectivity index (χ1) is 12.0. The zero-order valence-corrected chi connectivity index (χ0v) is 15.2. The molecule has 1 aliphatic heterocycles. The lowest BCUT2D eigenvalue weighted by molar-refractivity contribution is -0.129. The van der Waals surface area contributed by atoms with Crippen molar-refractivity contribution < 1.29 is 19.1 Å². The summed E-state index contributed by atoms with van der Waals surface area (Å²) < 4.78 is 10.9. The van der Waals surface area contributed by atoms with Crippen molar-refractivity contribution in [2.75, 3.05) is 7.11 Å². The van der Waals surface area contributed by atoms with E-state index in [0.29, 0.717) is 5.56 Å². The van der Waals surface area contributed by atoms with Gasteiger partial charge in [-0.05, 0) is 54.5 Å². The molecule has 0 amide bonds. The fraction of sp³-hybridized carbons (Fsp3) is 0.105. The van der Waals surface area contributed by atoms with Gasteiger partial charge in [-0.1, -0.05) is 28.1 Å². The van der Waals surface area contributed by atoms with E-state index in [4.69, 9.17) is 4.74 Å². The molecule has 1 aliphatic rings. The van der Waals surface area contributed by atoms with Crippen LogP contribution < -0.4 is 0 Å². The molecule has 0 aromatic heterocycles. The fourth-order valence-corrected chi connectivity index (χ4v) is 2.55. The molecule has 0 unspecified atom stereocenters. The van der Waals surface area contributed by atoms with Crippen LogP contribution in [0.2, 0.25) is 0 Å². The third-order valence-electron chi connectivity index (χ3n) is 3.66. The molecular weight excluding hydrogens is 386 g/mol. The van der Waals surface area contributed by atoms with E-state index in [1.165, 1.54) is 7.11 Å². The summed E-state index contributed by atoms with van der Waals surface area (Å²) in [6.07, 6.45) is 1.61. The van der Waals surface area contributed by atoms with Crippen LogP contribution in [0.15, 0.2) is 57.6 Å². The van der Waals surface area contributed by atoms with E-state index in [1.807, 2.05) is 25.1 Å². The largest absolute Gasteiger partial charge is 0.465 e. The molecule has 126 valence electrons. The van der Waals surface area contributed by atoms with Gasteiger partial charge in [0.05, 0.1) is 12.7 Å². The molecule has 2 aromatic rings. The molecule has 0 fully saturated rings. The van der Waals surface area contributed by atoms with Gasteiger partial charge in [0, 0.05) is 10.0 Å². The average molecular weight is 400 g/mol. The molecule has 2 aromatic carbocycles. The zero-order valence-electron chi connectivity index (χ0n) is 13.6. The second-order valence-electron chi connectivity index (χ2n) is 5.41. The van der Waals surface area contributed by atoms with Crippen molar-refractivity contribution >= 4 is 39.8 Å². The molecular formula is C19H14BrNO4. The monoisotopic (exact) mass is 399 g/mol. The summed E-state index contributed by atoms with van der Waals surface area (Å²) in [6, 6.07) is 12.3. The lowest BCUT2D eigenvalue weighted by atomic mass is 10.1. The van der Waals surface area contributed by atoms with Crippen molar-refractivity contribution in [2.24, 2.45) is 4.99 Å². The van der Waals surface area contributed by atoms with Crippen LogP contribution in [-0.2, 0) is 14.3 Å². The number of hydrogen-bond donors (Lipinski definition) is 0. The van der Waals surface area contributed by atoms with E-state index in [0.717, 1.165) is 21.2 Å². The predicted octanol–water partition coefficient (Wildman–Crippen LogP) is 3.89. The van der Waals surface area contributed by atoms with Crippen molar-refractivity contribution in [1.29, 1.82) is 0 Å². The summed E-state index contributed by atoms with van der Waals surface area (Å²) in [7, 11) is 1.33. The number of cyclic esters (lactones) is 1. The van der Waals surface area contributed by atoms with Crippen molar-refractivity contribution in [3.05, 3.63) is 74.9 Å². The van der Waals surface area contributed by atoms with Crippen LogP contribution in [0.1, 0.15) is 27.0 Å². The SMILES string of the molecule is COC(=O)c1ccc(C=C2N=C(c3ccc(Br)c(C)c3)OC2=O)cc1. The van der Waals surface area contributed by atoms with Crippen molar-refractivity contribution in [3.63, 3.8) is 0 Å². The van der Waals surface area contributed by atoms with Crippen LogP contribution in [0.5, 0.6) is 0 Å². The number of rotatable bonds is 3. The van der Waals surface area contributed by atoms with Gasteiger partial charge >= 0.3 is 11.9 Å². The Kier molecular flexibility index (Phi) is 4.81. The Morgan fingerprint density at radius 3 is 2.56 bits per heavy atom. The van der Waals surface area contributed by atoms with Crippen molar-refractivity contribution in [2.45, 2.75) is 6.92 Å². The second-order valence-corrected chi connectivity index (χ2v) is 6.27. The summed E-state index contributed by atoms with van der Waals surface area (Å²) in [6.45, 7) is 1.95. The molecule has 1 heterocycles. The molecule has 6 heteroatoms. The van der Waals surface area contributed by atoms with Gasteiger partial charge in [0.1, 0.15) is 0 Å². The third kappa shape index (κ3) is 3.69. The molecule has 0 spiro atoms. The number of esters is 2. The Bertz CT molecular complexity index is 914. The van der Waals surface area contributed by atoms with Crippen LogP contribution in [0.3, 0.4) is 0 Å². The van der Waals surface area contributed by atoms with Crippen LogP contribution in [0, 0.1) is 6.92 Å². The standard InChI is InChI=1S/C19H14BrNO4/c1-11-9-14(7-8-15(11)20)17-21-16(19(23)25-17)10-12-3-5-13(6-4-12)18(22)24-2/h3-10H,1-2H3. The summed E-state index contributed by atoms with van der Waals surface area (Å²) in [4.78, 5) is 27.8. The van der Waals surface area contributed by atoms with E-state index >= 15 is 0 Å². The quantitative estimate of drug-likeness (QED) is 0.579. The summed E-state index contributed by atoms with van der Waals surface area (Å²) in [5, 5.41) is 0. The molecule has 0 bridgehead atoms. The van der Waals surface area contributed by atoms with Crippen LogP contribution in [0.4, 0.5) is 0 Å². The highest BCUT2D eigenvalue weighted by atomic mass is 79.9. The van der Waals surface area contributed by atoms with Crippen LogP contribution in [0.25, 0.3) is 6.08 Å². The van der Waals surface area contributed by atoms with Gasteiger partial charge in [0.25, 0.3) is 0 Å². The lowest BCUT2D eigenvalue weighted by Crippen LogP contribution is -2.05. The van der Waals surface area contributed by atoms with Gasteiger partial charge in [0.15, 0.2) is 5.70 Å². The van der Waals surface area contributed by atoms with Gasteiger partial charge in [-0.25, -0.2) is 14.6 Å². The van der Waals surface area contributed by atoms with E-state index in [-0.39, 0.29) is 11.6 Å². The molecule has 25 heavy (non-hydrogen) atoms. The molecule has 0 saturated heterocycles. The summed E-state index contributed by atoms with van der Waals surface area (Å²) in [5.74, 6) is -0.643. The van der Waals surface area contributed by atoms with E-state index in [2.05, 4.69) is 25.7 Å². The second kappa shape index (κ2) is 7.03. The Labute approximate surface area is 153 Å². The number of aliphatic imine (C=N–C) groups is 1. The lowest BCUT2D eigenvalue weighted by Gasteiger charge is -2.02. The Hall–Kier alpha value is -2.73. The summed E-state index contributed by atoms with van der Waals surface area (Å²) >= 11 is 3.44. The average Bonchev–Trinajstić information content (AvgIpc) is 2.98. The number of carbonyl (C=O) groups excluding carboxylic acids is 2. The highest BCUT2D eigenvalue weighted by Gasteiger charge is 2.24. The van der Waals surface area contributed by atoms with Gasteiger partial charge in [-0.2, -0.15) is 0 Å². The van der Waals surface area contributed by atoms with E-state index < -0.39 is 11.9 Å². The molecule has 3 rings (SSSR count). The fourth-order valence-electron chi connectivity index (χ4n) is 2.30. The van der Waals surface area contributed by atoms with Gasteiger partial charge in [0.2, 0.25) is 5.90 Å². The molecule has 0 aliphatic carbocycles. The first-order valence-corrected chi connectivity index (χ1v) is 8.24. The topological polar surface area (TPSA) is 65.0 Å². The number of nitrogens with zero attached hydrogens (tertiary/aromatic N) is 1.